The molecule has 42 heavy (non-hydrogen) atoms. The van der Waals surface area contributed by atoms with Gasteiger partial charge in [-0.25, -0.2) is 0 Å². The summed E-state index contributed by atoms with van der Waals surface area (Å²) in [4.78, 5) is 15.5. The van der Waals surface area contributed by atoms with Gasteiger partial charge in [-0.15, -0.1) is 0 Å². The minimum atomic E-state index is 0.507. The quantitative estimate of drug-likeness (QED) is 0.423. The molecule has 6 nitrogen and oxygen atoms in total. The van der Waals surface area contributed by atoms with Crippen LogP contribution in [-0.4, -0.2) is 118 Å². The van der Waals surface area contributed by atoms with Crippen molar-refractivity contribution in [2.45, 2.75) is 32.0 Å². The van der Waals surface area contributed by atoms with E-state index in [4.69, 9.17) is 0 Å². The Morgan fingerprint density at radius 3 is 2.05 bits per heavy atom. The number of hydrogen-bond acceptors (Lipinski definition) is 6. The first-order chi connectivity index (χ1) is 20.4. The highest BCUT2D eigenvalue weighted by Crippen LogP contribution is 2.28. The maximum absolute atomic E-state index is 2.66. The third-order valence-corrected chi connectivity index (χ3v) is 10.0. The second kappa shape index (κ2) is 13.2. The van der Waals surface area contributed by atoms with Crippen molar-refractivity contribution in [2.24, 2.45) is 0 Å². The molecule has 0 saturated carbocycles. The largest absolute Gasteiger partial charge is 0.369 e. The Bertz CT molecular complexity index is 1300. The zero-order valence-electron chi connectivity index (χ0n) is 26.3. The van der Waals surface area contributed by atoms with Gasteiger partial charge in [-0.2, -0.15) is 0 Å². The molecular formula is C36H50N6. The molecule has 0 spiro atoms. The number of hydrogen-bond donors (Lipinski definition) is 0. The SMILES string of the molecule is Cc1ccc(N2CCN(C)C(C3CN(Cc4ccccc4)CCN3C)C2)cc1Cc1cccc(N2CCN(C)CC2)c1. The predicted molar refractivity (Wildman–Crippen MR) is 177 cm³/mol. The fourth-order valence-corrected chi connectivity index (χ4v) is 7.10. The van der Waals surface area contributed by atoms with E-state index < -0.39 is 0 Å². The maximum atomic E-state index is 2.66. The van der Waals surface area contributed by atoms with Crippen molar-refractivity contribution < 1.29 is 0 Å². The first-order valence-corrected chi connectivity index (χ1v) is 16.0. The van der Waals surface area contributed by atoms with E-state index >= 15 is 0 Å². The minimum Gasteiger partial charge on any atom is -0.369 e. The third kappa shape index (κ3) is 6.84. The average molecular weight is 567 g/mol. The van der Waals surface area contributed by atoms with Gasteiger partial charge in [0.05, 0.1) is 0 Å². The number of nitrogens with zero attached hydrogens (tertiary/aromatic N) is 6. The Labute approximate surface area is 254 Å². The van der Waals surface area contributed by atoms with E-state index in [0.717, 1.165) is 78.4 Å². The van der Waals surface area contributed by atoms with Crippen molar-refractivity contribution in [3.8, 4) is 0 Å². The van der Waals surface area contributed by atoms with Gasteiger partial charge in [0.25, 0.3) is 0 Å². The van der Waals surface area contributed by atoms with Crippen molar-refractivity contribution in [1.29, 1.82) is 0 Å². The molecular weight excluding hydrogens is 516 g/mol. The lowest BCUT2D eigenvalue weighted by Crippen LogP contribution is -2.65. The summed E-state index contributed by atoms with van der Waals surface area (Å²) in [6.07, 6.45) is 0.984. The highest BCUT2D eigenvalue weighted by molar-refractivity contribution is 5.54. The molecule has 2 atom stereocenters. The maximum Gasteiger partial charge on any atom is 0.0436 e. The van der Waals surface area contributed by atoms with E-state index in [0.29, 0.717) is 12.1 Å². The molecule has 224 valence electrons. The molecule has 0 N–H and O–H groups in total. The first-order valence-electron chi connectivity index (χ1n) is 16.0. The average Bonchev–Trinajstić information content (AvgIpc) is 3.01. The first kappa shape index (κ1) is 29.2. The summed E-state index contributed by atoms with van der Waals surface area (Å²) in [7, 11) is 6.89. The second-order valence-corrected chi connectivity index (χ2v) is 13.0. The minimum absolute atomic E-state index is 0.507. The molecule has 3 aromatic carbocycles. The summed E-state index contributed by atoms with van der Waals surface area (Å²) in [6.45, 7) is 14.5. The smallest absolute Gasteiger partial charge is 0.0436 e. The van der Waals surface area contributed by atoms with E-state index in [2.05, 4.69) is 130 Å². The Hall–Kier alpha value is -2.90. The lowest BCUT2D eigenvalue weighted by molar-refractivity contribution is 0.0305. The summed E-state index contributed by atoms with van der Waals surface area (Å²) < 4.78 is 0. The molecule has 2 unspecified atom stereocenters. The lowest BCUT2D eigenvalue weighted by Gasteiger charge is -2.50. The zero-order chi connectivity index (χ0) is 29.1. The van der Waals surface area contributed by atoms with Crippen LogP contribution in [0.4, 0.5) is 11.4 Å². The standard InChI is InChI=1S/C36H50N6/c1-29-13-14-34(25-32(29)23-31-11-8-12-33(24-31)41-20-15-37(2)16-21-41)42-22-18-39(4)36(28-42)35-27-40(19-17-38(35)3)26-30-9-6-5-7-10-30/h5-14,24-25,35-36H,15-23,26-28H2,1-4H3. The lowest BCUT2D eigenvalue weighted by atomic mass is 9.97. The van der Waals surface area contributed by atoms with Crippen molar-refractivity contribution >= 4 is 11.4 Å². The van der Waals surface area contributed by atoms with Crippen molar-refractivity contribution in [3.05, 3.63) is 95.1 Å². The molecule has 0 aromatic heterocycles. The van der Waals surface area contributed by atoms with Crippen LogP contribution in [0.5, 0.6) is 0 Å². The monoisotopic (exact) mass is 566 g/mol. The van der Waals surface area contributed by atoms with E-state index in [1.807, 2.05) is 0 Å². The van der Waals surface area contributed by atoms with Crippen LogP contribution in [0, 0.1) is 6.92 Å². The third-order valence-electron chi connectivity index (χ3n) is 10.0. The van der Waals surface area contributed by atoms with Crippen molar-refractivity contribution in [2.75, 3.05) is 96.4 Å². The molecule has 6 heteroatoms. The Morgan fingerprint density at radius 2 is 1.26 bits per heavy atom. The van der Waals surface area contributed by atoms with Gasteiger partial charge in [0.1, 0.15) is 0 Å². The summed E-state index contributed by atoms with van der Waals surface area (Å²) in [5, 5.41) is 0. The van der Waals surface area contributed by atoms with Gasteiger partial charge in [-0.1, -0.05) is 48.5 Å². The number of piperazine rings is 3. The topological polar surface area (TPSA) is 19.4 Å². The molecule has 3 aromatic rings. The van der Waals surface area contributed by atoms with Gasteiger partial charge >= 0.3 is 0 Å². The fourth-order valence-electron chi connectivity index (χ4n) is 7.10. The molecule has 0 radical (unpaired) electrons. The Kier molecular flexibility index (Phi) is 9.15. The highest BCUT2D eigenvalue weighted by atomic mass is 15.3. The normalized spacial score (nSPS) is 23.4. The van der Waals surface area contributed by atoms with Crippen molar-refractivity contribution in [1.82, 2.24) is 19.6 Å². The van der Waals surface area contributed by atoms with Gasteiger partial charge in [0, 0.05) is 95.5 Å². The predicted octanol–water partition coefficient (Wildman–Crippen LogP) is 4.27. The number of aryl methyl sites for hydroxylation is 1. The van der Waals surface area contributed by atoms with Gasteiger partial charge in [0.2, 0.25) is 0 Å². The van der Waals surface area contributed by atoms with E-state index in [9.17, 15) is 0 Å². The number of benzene rings is 3. The molecule has 3 aliphatic heterocycles. The molecule has 3 aliphatic rings. The van der Waals surface area contributed by atoms with Gasteiger partial charge in [0.15, 0.2) is 0 Å². The van der Waals surface area contributed by atoms with Gasteiger partial charge in [-0.05, 0) is 81.0 Å². The molecule has 6 rings (SSSR count). The summed E-state index contributed by atoms with van der Waals surface area (Å²) in [5.74, 6) is 0. The number of anilines is 2. The van der Waals surface area contributed by atoms with Crippen LogP contribution in [0.3, 0.4) is 0 Å². The summed E-state index contributed by atoms with van der Waals surface area (Å²) >= 11 is 0. The number of likely N-dealkylation sites (N-methyl/N-ethyl adjacent to an activating group) is 3. The van der Waals surface area contributed by atoms with E-state index in [1.54, 1.807) is 0 Å². The van der Waals surface area contributed by atoms with Crippen LogP contribution < -0.4 is 9.80 Å². The highest BCUT2D eigenvalue weighted by Gasteiger charge is 2.36. The second-order valence-electron chi connectivity index (χ2n) is 13.0. The Balaban J connectivity index is 1.14. The molecule has 3 heterocycles. The van der Waals surface area contributed by atoms with Gasteiger partial charge in [-0.3, -0.25) is 14.7 Å². The number of rotatable bonds is 7. The Morgan fingerprint density at radius 1 is 0.595 bits per heavy atom. The molecule has 0 bridgehead atoms. The van der Waals surface area contributed by atoms with E-state index in [1.165, 1.54) is 33.6 Å². The molecule has 0 aliphatic carbocycles. The van der Waals surface area contributed by atoms with E-state index in [-0.39, 0.29) is 0 Å². The zero-order valence-corrected chi connectivity index (χ0v) is 26.3. The van der Waals surface area contributed by atoms with Crippen LogP contribution in [0.2, 0.25) is 0 Å². The van der Waals surface area contributed by atoms with Crippen LogP contribution in [0.25, 0.3) is 0 Å². The summed E-state index contributed by atoms with van der Waals surface area (Å²) in [5.41, 5.74) is 8.41. The van der Waals surface area contributed by atoms with Crippen LogP contribution in [0.15, 0.2) is 72.8 Å². The summed E-state index contributed by atoms with van der Waals surface area (Å²) in [6, 6.07) is 28.4. The molecule has 0 amide bonds. The fraction of sp³-hybridized carbons (Fsp3) is 0.500. The van der Waals surface area contributed by atoms with Crippen LogP contribution in [0.1, 0.15) is 22.3 Å². The van der Waals surface area contributed by atoms with Crippen LogP contribution >= 0.6 is 0 Å². The van der Waals surface area contributed by atoms with Gasteiger partial charge < -0.3 is 14.7 Å². The van der Waals surface area contributed by atoms with Crippen molar-refractivity contribution in [3.63, 3.8) is 0 Å². The molecule has 3 fully saturated rings. The molecule has 3 saturated heterocycles. The van der Waals surface area contributed by atoms with Crippen LogP contribution in [-0.2, 0) is 13.0 Å².